The lowest BCUT2D eigenvalue weighted by molar-refractivity contribution is 0.261. The molecule has 118 valence electrons. The highest BCUT2D eigenvalue weighted by Crippen LogP contribution is 2.32. The molecule has 0 saturated heterocycles. The van der Waals surface area contributed by atoms with E-state index in [1.54, 1.807) is 10.4 Å². The van der Waals surface area contributed by atoms with Crippen LogP contribution in [0.4, 0.5) is 0 Å². The Morgan fingerprint density at radius 3 is 2.29 bits per heavy atom. The lowest BCUT2D eigenvalue weighted by Gasteiger charge is -2.33. The van der Waals surface area contributed by atoms with E-state index >= 15 is 0 Å². The van der Waals surface area contributed by atoms with Crippen molar-refractivity contribution in [3.05, 3.63) is 27.7 Å². The molecule has 1 fully saturated rings. The van der Waals surface area contributed by atoms with Gasteiger partial charge in [0, 0.05) is 17.1 Å². The molecule has 0 aromatic heterocycles. The van der Waals surface area contributed by atoms with Crippen LogP contribution < -0.4 is 0 Å². The summed E-state index contributed by atoms with van der Waals surface area (Å²) < 4.78 is 28.4. The van der Waals surface area contributed by atoms with Crippen LogP contribution in [-0.2, 0) is 10.0 Å². The summed E-state index contributed by atoms with van der Waals surface area (Å²) in [6.45, 7) is 6.42. The number of aryl methyl sites for hydroxylation is 2. The molecule has 3 nitrogen and oxygen atoms in total. The van der Waals surface area contributed by atoms with Crippen molar-refractivity contribution in [2.75, 3.05) is 6.54 Å². The third kappa shape index (κ3) is 3.51. The van der Waals surface area contributed by atoms with Crippen molar-refractivity contribution in [2.45, 2.75) is 63.8 Å². The molecule has 5 heteroatoms. The van der Waals surface area contributed by atoms with E-state index in [1.165, 1.54) is 6.42 Å². The first-order chi connectivity index (χ1) is 9.87. The Hall–Kier alpha value is -0.390. The van der Waals surface area contributed by atoms with Gasteiger partial charge < -0.3 is 0 Å². The van der Waals surface area contributed by atoms with E-state index in [0.717, 1.165) is 36.8 Å². The smallest absolute Gasteiger partial charge is 0.207 e. The molecule has 21 heavy (non-hydrogen) atoms. The first-order valence-electron chi connectivity index (χ1n) is 7.66. The molecule has 0 heterocycles. The molecule has 1 aliphatic carbocycles. The molecule has 0 amide bonds. The maximum atomic E-state index is 13.0. The van der Waals surface area contributed by atoms with Crippen LogP contribution >= 0.6 is 15.9 Å². The van der Waals surface area contributed by atoms with Crippen molar-refractivity contribution in [1.29, 1.82) is 0 Å². The summed E-state index contributed by atoms with van der Waals surface area (Å²) in [6, 6.07) is 3.85. The quantitative estimate of drug-likeness (QED) is 0.783. The normalized spacial score (nSPS) is 17.4. The maximum absolute atomic E-state index is 13.0. The Kier molecular flexibility index (Phi) is 5.49. The Morgan fingerprint density at radius 2 is 1.71 bits per heavy atom. The number of hydrogen-bond donors (Lipinski definition) is 0. The van der Waals surface area contributed by atoms with Crippen molar-refractivity contribution in [1.82, 2.24) is 4.31 Å². The van der Waals surface area contributed by atoms with Gasteiger partial charge in [0.1, 0.15) is 0 Å². The topological polar surface area (TPSA) is 37.4 Å². The minimum atomic E-state index is -3.43. The predicted molar refractivity (Wildman–Crippen MR) is 90.1 cm³/mol. The van der Waals surface area contributed by atoms with E-state index in [1.807, 2.05) is 26.8 Å². The summed E-state index contributed by atoms with van der Waals surface area (Å²) in [6.07, 6.45) is 5.45. The molecule has 0 aliphatic heterocycles. The summed E-state index contributed by atoms with van der Waals surface area (Å²) in [4.78, 5) is 0.401. The van der Waals surface area contributed by atoms with Crippen LogP contribution in [-0.4, -0.2) is 25.3 Å². The van der Waals surface area contributed by atoms with Crippen LogP contribution in [0.1, 0.15) is 50.2 Å². The molecule has 0 spiro atoms. The molecule has 0 radical (unpaired) electrons. The highest BCUT2D eigenvalue weighted by atomic mass is 79.9. The van der Waals surface area contributed by atoms with Crippen molar-refractivity contribution >= 4 is 26.0 Å². The van der Waals surface area contributed by atoms with Crippen molar-refractivity contribution in [3.8, 4) is 0 Å². The molecule has 1 aliphatic rings. The van der Waals surface area contributed by atoms with Crippen LogP contribution in [0.3, 0.4) is 0 Å². The van der Waals surface area contributed by atoms with Crippen LogP contribution in [0, 0.1) is 13.8 Å². The largest absolute Gasteiger partial charge is 0.244 e. The van der Waals surface area contributed by atoms with Gasteiger partial charge in [0.15, 0.2) is 0 Å². The van der Waals surface area contributed by atoms with E-state index in [4.69, 9.17) is 0 Å². The summed E-state index contributed by atoms with van der Waals surface area (Å²) in [5.41, 5.74) is 2.11. The standard InChI is InChI=1S/C16H24BrNO2S/c1-4-18(14-8-6-5-7-9-14)21(19,20)16-11-13(3)12(2)10-15(16)17/h10-11,14H,4-9H2,1-3H3. The zero-order chi connectivity index (χ0) is 15.6. The van der Waals surface area contributed by atoms with Gasteiger partial charge in [-0.05, 0) is 65.9 Å². The van der Waals surface area contributed by atoms with Gasteiger partial charge in [-0.3, -0.25) is 0 Å². The Bertz CT molecular complexity index is 607. The molecule has 1 saturated carbocycles. The van der Waals surface area contributed by atoms with Crippen molar-refractivity contribution in [2.24, 2.45) is 0 Å². The van der Waals surface area contributed by atoms with Crippen LogP contribution in [0.15, 0.2) is 21.5 Å². The number of nitrogens with zero attached hydrogens (tertiary/aromatic N) is 1. The third-order valence-electron chi connectivity index (χ3n) is 4.43. The fourth-order valence-electron chi connectivity index (χ4n) is 3.07. The molecule has 0 N–H and O–H groups in total. The minimum absolute atomic E-state index is 0.155. The highest BCUT2D eigenvalue weighted by molar-refractivity contribution is 9.10. The molecular weight excluding hydrogens is 350 g/mol. The monoisotopic (exact) mass is 373 g/mol. The van der Waals surface area contributed by atoms with E-state index in [0.29, 0.717) is 15.9 Å². The average Bonchev–Trinajstić information content (AvgIpc) is 2.44. The second kappa shape index (κ2) is 6.80. The molecule has 0 bridgehead atoms. The maximum Gasteiger partial charge on any atom is 0.244 e. The Labute approximate surface area is 136 Å². The Morgan fingerprint density at radius 1 is 1.14 bits per heavy atom. The van der Waals surface area contributed by atoms with Gasteiger partial charge >= 0.3 is 0 Å². The molecular formula is C16H24BrNO2S. The molecule has 1 aromatic carbocycles. The zero-order valence-electron chi connectivity index (χ0n) is 13.0. The minimum Gasteiger partial charge on any atom is -0.207 e. The Balaban J connectivity index is 2.41. The van der Waals surface area contributed by atoms with E-state index in [9.17, 15) is 8.42 Å². The molecule has 2 rings (SSSR count). The zero-order valence-corrected chi connectivity index (χ0v) is 15.4. The SMILES string of the molecule is CCN(C1CCCCC1)S(=O)(=O)c1cc(C)c(C)cc1Br. The van der Waals surface area contributed by atoms with E-state index in [2.05, 4.69) is 15.9 Å². The number of hydrogen-bond acceptors (Lipinski definition) is 2. The summed E-state index contributed by atoms with van der Waals surface area (Å²) in [5, 5.41) is 0. The first-order valence-corrected chi connectivity index (χ1v) is 9.89. The van der Waals surface area contributed by atoms with Gasteiger partial charge in [0.05, 0.1) is 4.90 Å². The molecule has 1 aromatic rings. The van der Waals surface area contributed by atoms with Crippen LogP contribution in [0.2, 0.25) is 0 Å². The van der Waals surface area contributed by atoms with Gasteiger partial charge in [-0.2, -0.15) is 4.31 Å². The second-order valence-electron chi connectivity index (χ2n) is 5.87. The fourth-order valence-corrected chi connectivity index (χ4v) is 5.97. The first kappa shape index (κ1) is 17.0. The van der Waals surface area contributed by atoms with Crippen molar-refractivity contribution < 1.29 is 8.42 Å². The number of halogens is 1. The van der Waals surface area contributed by atoms with E-state index in [-0.39, 0.29) is 6.04 Å². The predicted octanol–water partition coefficient (Wildman–Crippen LogP) is 4.41. The van der Waals surface area contributed by atoms with Crippen LogP contribution in [0.5, 0.6) is 0 Å². The third-order valence-corrected chi connectivity index (χ3v) is 7.41. The summed E-state index contributed by atoms with van der Waals surface area (Å²) in [7, 11) is -3.43. The van der Waals surface area contributed by atoms with Gasteiger partial charge in [0.2, 0.25) is 10.0 Å². The highest BCUT2D eigenvalue weighted by Gasteiger charge is 2.32. The number of sulfonamides is 1. The van der Waals surface area contributed by atoms with Crippen LogP contribution in [0.25, 0.3) is 0 Å². The van der Waals surface area contributed by atoms with Gasteiger partial charge in [-0.1, -0.05) is 26.2 Å². The number of benzene rings is 1. The lowest BCUT2D eigenvalue weighted by atomic mass is 9.95. The molecule has 0 atom stereocenters. The summed E-state index contributed by atoms with van der Waals surface area (Å²) in [5.74, 6) is 0. The van der Waals surface area contributed by atoms with Crippen molar-refractivity contribution in [3.63, 3.8) is 0 Å². The van der Waals surface area contributed by atoms with Gasteiger partial charge in [-0.15, -0.1) is 0 Å². The van der Waals surface area contributed by atoms with E-state index < -0.39 is 10.0 Å². The summed E-state index contributed by atoms with van der Waals surface area (Å²) >= 11 is 3.43. The number of rotatable bonds is 4. The fraction of sp³-hybridized carbons (Fsp3) is 0.625. The van der Waals surface area contributed by atoms with Gasteiger partial charge in [0.25, 0.3) is 0 Å². The molecule has 0 unspecified atom stereocenters. The lowest BCUT2D eigenvalue weighted by Crippen LogP contribution is -2.41. The van der Waals surface area contributed by atoms with Gasteiger partial charge in [-0.25, -0.2) is 8.42 Å². The second-order valence-corrected chi connectivity index (χ2v) is 8.58. The average molecular weight is 374 g/mol.